The highest BCUT2D eigenvalue weighted by Crippen LogP contribution is 2.30. The molecule has 0 spiro atoms. The number of nitrogens with one attached hydrogen (secondary N) is 3. The number of para-hydroxylation sites is 2. The molecule has 3 heterocycles. The predicted molar refractivity (Wildman–Crippen MR) is 173 cm³/mol. The van der Waals surface area contributed by atoms with Gasteiger partial charge < -0.3 is 20.3 Å². The van der Waals surface area contributed by atoms with E-state index in [4.69, 9.17) is 9.72 Å². The van der Waals surface area contributed by atoms with E-state index in [2.05, 4.69) is 30.2 Å². The maximum Gasteiger partial charge on any atom is 0.296 e. The lowest BCUT2D eigenvalue weighted by atomic mass is 9.86. The Morgan fingerprint density at radius 2 is 1.68 bits per heavy atom. The number of alkyl halides is 2. The van der Waals surface area contributed by atoms with Crippen molar-refractivity contribution < 1.29 is 26.7 Å². The minimum atomic E-state index is -3.78. The zero-order valence-electron chi connectivity index (χ0n) is 26.0. The Kier molecular flexibility index (Phi) is 9.94. The van der Waals surface area contributed by atoms with E-state index >= 15 is 0 Å². The van der Waals surface area contributed by atoms with Gasteiger partial charge in [-0.15, -0.1) is 0 Å². The molecular formula is C32H38F2N8O4S. The first-order valence-electron chi connectivity index (χ1n) is 15.7. The SMILES string of the molecule is Cc1ccc(S(=O)(=O)NCC(=O)NC2CCC(CNc3nc(N4CCOCC4)cc(-n4c(C(F)F)nc5ccccc54)n3)CC2)cc1. The second-order valence-corrected chi connectivity index (χ2v) is 13.7. The summed E-state index contributed by atoms with van der Waals surface area (Å²) in [5, 5.41) is 6.28. The molecule has 0 bridgehead atoms. The average Bonchev–Trinajstić information content (AvgIpc) is 3.48. The molecule has 1 aliphatic heterocycles. The van der Waals surface area contributed by atoms with Gasteiger partial charge in [0.25, 0.3) is 6.43 Å². The molecule has 2 aliphatic rings. The van der Waals surface area contributed by atoms with Gasteiger partial charge in [-0.3, -0.25) is 9.36 Å². The molecule has 1 saturated heterocycles. The molecule has 2 aromatic heterocycles. The van der Waals surface area contributed by atoms with Gasteiger partial charge in [0, 0.05) is 31.7 Å². The number of nitrogens with zero attached hydrogens (tertiary/aromatic N) is 5. The third-order valence-electron chi connectivity index (χ3n) is 8.56. The number of aryl methyl sites for hydroxylation is 1. The molecule has 47 heavy (non-hydrogen) atoms. The molecule has 0 atom stereocenters. The van der Waals surface area contributed by atoms with Crippen LogP contribution in [0.5, 0.6) is 0 Å². The van der Waals surface area contributed by atoms with Gasteiger partial charge in [0.2, 0.25) is 21.9 Å². The number of hydrogen-bond donors (Lipinski definition) is 3. The molecule has 12 nitrogen and oxygen atoms in total. The van der Waals surface area contributed by atoms with Crippen LogP contribution in [0.1, 0.15) is 43.5 Å². The summed E-state index contributed by atoms with van der Waals surface area (Å²) in [7, 11) is -3.78. The third kappa shape index (κ3) is 7.85. The van der Waals surface area contributed by atoms with Gasteiger partial charge in [-0.2, -0.15) is 9.97 Å². The molecule has 15 heteroatoms. The highest BCUT2D eigenvalue weighted by Gasteiger charge is 2.26. The topological polar surface area (TPSA) is 143 Å². The Balaban J connectivity index is 1.08. The normalized spacial score (nSPS) is 18.9. The third-order valence-corrected chi connectivity index (χ3v) is 9.98. The second kappa shape index (κ2) is 14.3. The standard InChI is InChI=1S/C32H38F2N8O4S/c1-21-6-12-24(13-7-21)47(44,45)36-20-29(43)37-23-10-8-22(9-11-23)19-35-32-39-27(41-14-16-46-17-15-41)18-28(40-32)42-26-5-3-2-4-25(26)38-31(42)30(33)34/h2-7,12-13,18,22-23,30,36H,8-11,14-17,19-20H2,1H3,(H,37,43)(H,35,39,40). The van der Waals surface area contributed by atoms with Crippen molar-refractivity contribution in [3.8, 4) is 5.82 Å². The van der Waals surface area contributed by atoms with Gasteiger partial charge in [0.1, 0.15) is 11.6 Å². The summed E-state index contributed by atoms with van der Waals surface area (Å²) >= 11 is 0. The van der Waals surface area contributed by atoms with Gasteiger partial charge in [-0.25, -0.2) is 26.9 Å². The quantitative estimate of drug-likeness (QED) is 0.216. The number of sulfonamides is 1. The van der Waals surface area contributed by atoms with Crippen LogP contribution in [0.25, 0.3) is 16.9 Å². The number of fused-ring (bicyclic) bond motifs is 1. The highest BCUT2D eigenvalue weighted by molar-refractivity contribution is 7.89. The number of carbonyl (C=O) groups is 1. The number of amides is 1. The zero-order chi connectivity index (χ0) is 33.0. The minimum Gasteiger partial charge on any atom is -0.378 e. The number of hydrogen-bond acceptors (Lipinski definition) is 9. The lowest BCUT2D eigenvalue weighted by Gasteiger charge is -2.30. The molecule has 0 unspecified atom stereocenters. The van der Waals surface area contributed by atoms with Crippen LogP contribution in [0.2, 0.25) is 0 Å². The Morgan fingerprint density at radius 3 is 2.40 bits per heavy atom. The van der Waals surface area contributed by atoms with E-state index < -0.39 is 16.4 Å². The van der Waals surface area contributed by atoms with Crippen LogP contribution in [0, 0.1) is 12.8 Å². The van der Waals surface area contributed by atoms with Gasteiger partial charge in [-0.1, -0.05) is 29.8 Å². The number of imidazole rings is 1. The molecule has 1 saturated carbocycles. The van der Waals surface area contributed by atoms with Crippen molar-refractivity contribution in [1.29, 1.82) is 0 Å². The summed E-state index contributed by atoms with van der Waals surface area (Å²) in [5.41, 5.74) is 1.93. The number of halogens is 2. The summed E-state index contributed by atoms with van der Waals surface area (Å²) < 4.78 is 62.6. The van der Waals surface area contributed by atoms with Crippen LogP contribution in [-0.2, 0) is 19.6 Å². The molecular weight excluding hydrogens is 630 g/mol. The van der Waals surface area contributed by atoms with Crippen molar-refractivity contribution in [3.63, 3.8) is 0 Å². The molecule has 1 aliphatic carbocycles. The molecule has 1 amide bonds. The number of aromatic nitrogens is 4. The first-order chi connectivity index (χ1) is 22.7. The van der Waals surface area contributed by atoms with Gasteiger partial charge >= 0.3 is 0 Å². The fourth-order valence-corrected chi connectivity index (χ4v) is 6.97. The van der Waals surface area contributed by atoms with Crippen molar-refractivity contribution in [2.24, 2.45) is 5.92 Å². The Hall–Kier alpha value is -4.21. The molecule has 0 radical (unpaired) electrons. The van der Waals surface area contributed by atoms with E-state index in [1.165, 1.54) is 16.7 Å². The number of rotatable bonds is 11. The number of anilines is 2. The van der Waals surface area contributed by atoms with Crippen LogP contribution >= 0.6 is 0 Å². The van der Waals surface area contributed by atoms with E-state index in [-0.39, 0.29) is 35.1 Å². The summed E-state index contributed by atoms with van der Waals surface area (Å²) in [5.74, 6) is 0.761. The van der Waals surface area contributed by atoms with E-state index in [1.54, 1.807) is 42.5 Å². The van der Waals surface area contributed by atoms with Crippen molar-refractivity contribution in [2.45, 2.75) is 50.0 Å². The summed E-state index contributed by atoms with van der Waals surface area (Å²) in [6, 6.07) is 15.1. The molecule has 3 N–H and O–H groups in total. The molecule has 2 aromatic carbocycles. The molecule has 250 valence electrons. The van der Waals surface area contributed by atoms with Crippen molar-refractivity contribution >= 4 is 38.7 Å². The summed E-state index contributed by atoms with van der Waals surface area (Å²) in [4.78, 5) is 28.3. The Labute approximate surface area is 272 Å². The lowest BCUT2D eigenvalue weighted by molar-refractivity contribution is -0.120. The number of ether oxygens (including phenoxy) is 1. The van der Waals surface area contributed by atoms with Crippen LogP contribution in [0.3, 0.4) is 0 Å². The largest absolute Gasteiger partial charge is 0.378 e. The zero-order valence-corrected chi connectivity index (χ0v) is 26.8. The summed E-state index contributed by atoms with van der Waals surface area (Å²) in [6.45, 7) is 4.41. The highest BCUT2D eigenvalue weighted by atomic mass is 32.2. The number of benzene rings is 2. The smallest absolute Gasteiger partial charge is 0.296 e. The monoisotopic (exact) mass is 668 g/mol. The van der Waals surface area contributed by atoms with Crippen LogP contribution < -0.4 is 20.3 Å². The van der Waals surface area contributed by atoms with E-state index in [0.29, 0.717) is 61.5 Å². The Morgan fingerprint density at radius 1 is 0.979 bits per heavy atom. The number of morpholine rings is 1. The number of carbonyl (C=O) groups excluding carboxylic acids is 1. The lowest BCUT2D eigenvalue weighted by Crippen LogP contribution is -2.43. The van der Waals surface area contributed by atoms with Crippen LogP contribution in [-0.4, -0.2) is 79.3 Å². The maximum atomic E-state index is 14.2. The fraction of sp³-hybridized carbons (Fsp3) is 0.438. The molecule has 2 fully saturated rings. The van der Waals surface area contributed by atoms with Gasteiger partial charge in [0.05, 0.1) is 35.7 Å². The molecule has 6 rings (SSSR count). The summed E-state index contributed by atoms with van der Waals surface area (Å²) in [6.07, 6.45) is 0.322. The van der Waals surface area contributed by atoms with Gasteiger partial charge in [0.15, 0.2) is 5.82 Å². The Bertz CT molecular complexity index is 1810. The fourth-order valence-electron chi connectivity index (χ4n) is 5.99. The first-order valence-corrected chi connectivity index (χ1v) is 17.2. The van der Waals surface area contributed by atoms with Crippen LogP contribution in [0.4, 0.5) is 20.5 Å². The van der Waals surface area contributed by atoms with Crippen molar-refractivity contribution in [2.75, 3.05) is 49.6 Å². The van der Waals surface area contributed by atoms with Crippen molar-refractivity contribution in [1.82, 2.24) is 29.6 Å². The van der Waals surface area contributed by atoms with Crippen molar-refractivity contribution in [3.05, 3.63) is 66.0 Å². The van der Waals surface area contributed by atoms with Gasteiger partial charge in [-0.05, 0) is 62.8 Å². The van der Waals surface area contributed by atoms with Crippen LogP contribution in [0.15, 0.2) is 59.5 Å². The van der Waals surface area contributed by atoms with E-state index in [1.807, 2.05) is 6.92 Å². The van der Waals surface area contributed by atoms with E-state index in [9.17, 15) is 22.0 Å². The van der Waals surface area contributed by atoms with E-state index in [0.717, 1.165) is 31.2 Å². The second-order valence-electron chi connectivity index (χ2n) is 11.9. The first kappa shape index (κ1) is 32.7. The maximum absolute atomic E-state index is 14.2. The minimum absolute atomic E-state index is 0.0579. The average molecular weight is 669 g/mol. The predicted octanol–water partition coefficient (Wildman–Crippen LogP) is 3.96. The molecule has 4 aromatic rings.